The normalized spacial score (nSPS) is 20.4. The molecule has 0 spiro atoms. The number of anilines is 3. The Labute approximate surface area is 185 Å². The van der Waals surface area contributed by atoms with Crippen molar-refractivity contribution < 1.29 is 18.4 Å². The molecule has 9 heteroatoms. The summed E-state index contributed by atoms with van der Waals surface area (Å²) in [6, 6.07) is 4.43. The summed E-state index contributed by atoms with van der Waals surface area (Å²) in [7, 11) is 1.90. The number of benzene rings is 1. The highest BCUT2D eigenvalue weighted by Gasteiger charge is 2.35. The second-order valence-corrected chi connectivity index (χ2v) is 8.82. The number of halogens is 2. The third-order valence-corrected chi connectivity index (χ3v) is 6.06. The molecule has 0 saturated carbocycles. The summed E-state index contributed by atoms with van der Waals surface area (Å²) in [5, 5.41) is 6.35. The Bertz CT molecular complexity index is 1050. The summed E-state index contributed by atoms with van der Waals surface area (Å²) in [5.74, 6) is -1.19. The maximum Gasteiger partial charge on any atom is 0.254 e. The monoisotopic (exact) mass is 443 g/mol. The molecule has 1 saturated heterocycles. The molecule has 2 amide bonds. The number of nitrogens with one attached hydrogen (secondary N) is 2. The third-order valence-electron chi connectivity index (χ3n) is 6.06. The van der Waals surface area contributed by atoms with Crippen LogP contribution in [0.5, 0.6) is 0 Å². The molecule has 7 nitrogen and oxygen atoms in total. The maximum atomic E-state index is 13.5. The number of amides is 2. The van der Waals surface area contributed by atoms with E-state index in [9.17, 15) is 18.4 Å². The second kappa shape index (κ2) is 8.37. The van der Waals surface area contributed by atoms with Gasteiger partial charge in [0.05, 0.1) is 17.1 Å². The predicted octanol–water partition coefficient (Wildman–Crippen LogP) is 3.41. The van der Waals surface area contributed by atoms with Crippen molar-refractivity contribution in [1.29, 1.82) is 0 Å². The van der Waals surface area contributed by atoms with Gasteiger partial charge in [-0.25, -0.2) is 13.8 Å². The van der Waals surface area contributed by atoms with Gasteiger partial charge >= 0.3 is 0 Å². The predicted molar refractivity (Wildman–Crippen MR) is 119 cm³/mol. The lowest BCUT2D eigenvalue weighted by atomic mass is 9.98. The first-order chi connectivity index (χ1) is 15.1. The van der Waals surface area contributed by atoms with Crippen LogP contribution in [0.3, 0.4) is 0 Å². The van der Waals surface area contributed by atoms with E-state index in [2.05, 4.69) is 15.6 Å². The van der Waals surface area contributed by atoms with Gasteiger partial charge in [0.1, 0.15) is 23.5 Å². The molecule has 1 fully saturated rings. The Morgan fingerprint density at radius 1 is 1.22 bits per heavy atom. The lowest BCUT2D eigenvalue weighted by molar-refractivity contribution is -0.118. The van der Waals surface area contributed by atoms with Crippen LogP contribution < -0.4 is 15.5 Å². The van der Waals surface area contributed by atoms with Crippen LogP contribution in [0.2, 0.25) is 0 Å². The van der Waals surface area contributed by atoms with Gasteiger partial charge in [0.15, 0.2) is 0 Å². The molecule has 2 aliphatic heterocycles. The number of carbonyl (C=O) groups is 2. The van der Waals surface area contributed by atoms with Gasteiger partial charge in [-0.15, -0.1) is 0 Å². The average Bonchev–Trinajstić information content (AvgIpc) is 3.16. The minimum absolute atomic E-state index is 0.00277. The van der Waals surface area contributed by atoms with Gasteiger partial charge in [0, 0.05) is 43.9 Å². The van der Waals surface area contributed by atoms with Crippen LogP contribution >= 0.6 is 0 Å². The van der Waals surface area contributed by atoms with Crippen LogP contribution in [0.1, 0.15) is 36.3 Å². The Balaban J connectivity index is 1.49. The zero-order valence-electron chi connectivity index (χ0n) is 18.6. The molecule has 0 unspecified atom stereocenters. The Morgan fingerprint density at radius 3 is 2.56 bits per heavy atom. The molecular weight excluding hydrogens is 416 g/mol. The highest BCUT2D eigenvalue weighted by Crippen LogP contribution is 2.37. The molecule has 2 atom stereocenters. The average molecular weight is 443 g/mol. The van der Waals surface area contributed by atoms with Crippen LogP contribution in [0, 0.1) is 24.5 Å². The fourth-order valence-electron chi connectivity index (χ4n) is 4.57. The van der Waals surface area contributed by atoms with Crippen molar-refractivity contribution in [3.8, 4) is 0 Å². The quantitative estimate of drug-likeness (QED) is 0.757. The number of hydrogen-bond acceptors (Lipinski definition) is 5. The van der Waals surface area contributed by atoms with E-state index < -0.39 is 17.5 Å². The van der Waals surface area contributed by atoms with Gasteiger partial charge in [-0.2, -0.15) is 0 Å². The van der Waals surface area contributed by atoms with Gasteiger partial charge in [-0.05, 0) is 31.4 Å². The van der Waals surface area contributed by atoms with Crippen LogP contribution in [0.25, 0.3) is 0 Å². The minimum atomic E-state index is -0.771. The van der Waals surface area contributed by atoms with Crippen LogP contribution in [0.4, 0.5) is 26.0 Å². The summed E-state index contributed by atoms with van der Waals surface area (Å²) in [6.07, 6.45) is 0.683. The Hall–Kier alpha value is -3.23. The van der Waals surface area contributed by atoms with E-state index in [4.69, 9.17) is 0 Å². The summed E-state index contributed by atoms with van der Waals surface area (Å²) in [6.45, 7) is 6.73. The van der Waals surface area contributed by atoms with Crippen molar-refractivity contribution in [1.82, 2.24) is 9.88 Å². The lowest BCUT2D eigenvalue weighted by Gasteiger charge is -2.38. The molecule has 0 aliphatic carbocycles. The highest BCUT2D eigenvalue weighted by molar-refractivity contribution is 6.04. The van der Waals surface area contributed by atoms with Crippen molar-refractivity contribution in [2.75, 3.05) is 35.7 Å². The van der Waals surface area contributed by atoms with Gasteiger partial charge in [-0.1, -0.05) is 13.8 Å². The van der Waals surface area contributed by atoms with Gasteiger partial charge in [0.25, 0.3) is 5.91 Å². The molecule has 1 aromatic heterocycles. The van der Waals surface area contributed by atoms with Crippen molar-refractivity contribution >= 4 is 29.0 Å². The zero-order valence-corrected chi connectivity index (χ0v) is 18.6. The second-order valence-electron chi connectivity index (χ2n) is 8.82. The van der Waals surface area contributed by atoms with Gasteiger partial charge in [0.2, 0.25) is 5.91 Å². The summed E-state index contributed by atoms with van der Waals surface area (Å²) >= 11 is 0. The van der Waals surface area contributed by atoms with Gasteiger partial charge < -0.3 is 20.4 Å². The van der Waals surface area contributed by atoms with E-state index in [1.807, 2.05) is 38.8 Å². The first kappa shape index (κ1) is 22.0. The molecule has 2 N–H and O–H groups in total. The molecular formula is C23H27F2N5O2. The van der Waals surface area contributed by atoms with Crippen molar-refractivity contribution in [2.24, 2.45) is 5.92 Å². The van der Waals surface area contributed by atoms with E-state index in [0.29, 0.717) is 36.7 Å². The number of hydrogen-bond donors (Lipinski definition) is 2. The standard InChI is InChI=1S/C23H27F2N5O2/c1-12(2)21-22(31)28-20-13(3)26-19(10-18(20)29(21)4)27-17-5-6-30(11-17)23(32)14-7-15(24)9-16(25)8-14/h7-10,12,17,21H,5-6,11H2,1-4H3,(H,26,27)(H,28,31)/t17-,21+/m1/s1. The zero-order chi connectivity index (χ0) is 23.2. The van der Waals surface area contributed by atoms with Crippen molar-refractivity contribution in [3.63, 3.8) is 0 Å². The number of carbonyl (C=O) groups excluding carboxylic acids is 2. The fraction of sp³-hybridized carbons (Fsp3) is 0.435. The van der Waals surface area contributed by atoms with E-state index in [1.54, 1.807) is 4.90 Å². The van der Waals surface area contributed by atoms with E-state index in [0.717, 1.165) is 23.9 Å². The number of aromatic nitrogens is 1. The third kappa shape index (κ3) is 4.11. The van der Waals surface area contributed by atoms with E-state index >= 15 is 0 Å². The minimum Gasteiger partial charge on any atom is -0.365 e. The van der Waals surface area contributed by atoms with Crippen LogP contribution in [0.15, 0.2) is 24.3 Å². The number of rotatable bonds is 4. The number of likely N-dealkylation sites (tertiary alicyclic amines) is 1. The number of pyridine rings is 1. The van der Waals surface area contributed by atoms with E-state index in [1.165, 1.54) is 0 Å². The topological polar surface area (TPSA) is 77.6 Å². The number of aryl methyl sites for hydroxylation is 1. The van der Waals surface area contributed by atoms with Gasteiger partial charge in [-0.3, -0.25) is 9.59 Å². The summed E-state index contributed by atoms with van der Waals surface area (Å²) in [4.78, 5) is 33.3. The molecule has 4 rings (SSSR count). The molecule has 2 aromatic rings. The molecule has 1 aromatic carbocycles. The fourth-order valence-corrected chi connectivity index (χ4v) is 4.57. The molecule has 3 heterocycles. The number of nitrogens with zero attached hydrogens (tertiary/aromatic N) is 3. The lowest BCUT2D eigenvalue weighted by Crippen LogP contribution is -2.49. The Kier molecular flexibility index (Phi) is 5.75. The molecule has 0 bridgehead atoms. The molecule has 2 aliphatic rings. The van der Waals surface area contributed by atoms with Crippen molar-refractivity contribution in [2.45, 2.75) is 39.3 Å². The van der Waals surface area contributed by atoms with E-state index in [-0.39, 0.29) is 29.5 Å². The molecule has 170 valence electrons. The van der Waals surface area contributed by atoms with Crippen LogP contribution in [-0.4, -0.2) is 53.9 Å². The summed E-state index contributed by atoms with van der Waals surface area (Å²) < 4.78 is 27.0. The number of fused-ring (bicyclic) bond motifs is 1. The Morgan fingerprint density at radius 2 is 1.91 bits per heavy atom. The molecule has 32 heavy (non-hydrogen) atoms. The van der Waals surface area contributed by atoms with Crippen molar-refractivity contribution in [3.05, 3.63) is 47.2 Å². The van der Waals surface area contributed by atoms with Crippen LogP contribution in [-0.2, 0) is 4.79 Å². The first-order valence-electron chi connectivity index (χ1n) is 10.7. The highest BCUT2D eigenvalue weighted by atomic mass is 19.1. The number of likely N-dealkylation sites (N-methyl/N-ethyl adjacent to an activating group) is 1. The molecule has 0 radical (unpaired) electrons. The smallest absolute Gasteiger partial charge is 0.254 e. The first-order valence-corrected chi connectivity index (χ1v) is 10.7. The largest absolute Gasteiger partial charge is 0.365 e. The summed E-state index contributed by atoms with van der Waals surface area (Å²) in [5.41, 5.74) is 2.30. The SMILES string of the molecule is Cc1nc(N[C@@H]2CCN(C(=O)c3cc(F)cc(F)c3)C2)cc2c1NC(=O)[C@H](C(C)C)N2C. The maximum absolute atomic E-state index is 13.5.